The summed E-state index contributed by atoms with van der Waals surface area (Å²) in [5.74, 6) is 0.681. The van der Waals surface area contributed by atoms with Gasteiger partial charge in [0.1, 0.15) is 5.82 Å². The molecular formula is C19H26N4O2. The number of rotatable bonds is 3. The van der Waals surface area contributed by atoms with Crippen molar-refractivity contribution in [3.8, 4) is 0 Å². The number of anilines is 1. The van der Waals surface area contributed by atoms with Gasteiger partial charge in [0, 0.05) is 24.6 Å². The second-order valence-corrected chi connectivity index (χ2v) is 7.63. The van der Waals surface area contributed by atoms with Gasteiger partial charge in [-0.15, -0.1) is 0 Å². The standard InChI is InChI=1S/C19H26N4O2/c1-19(2,3)16-11-17(20-18(25)22-10-9-15(24)13-22)23(21-16)12-14-7-5-4-6-8-14/h4-8,11,15,24H,9-10,12-13H2,1-3H3,(H,20,25)/t15-/m0/s1. The number of carbonyl (C=O) groups excluding carboxylic acids is 1. The lowest BCUT2D eigenvalue weighted by Crippen LogP contribution is -2.34. The highest BCUT2D eigenvalue weighted by Gasteiger charge is 2.26. The number of hydrogen-bond donors (Lipinski definition) is 2. The van der Waals surface area contributed by atoms with Crippen molar-refractivity contribution in [2.45, 2.75) is 45.3 Å². The number of aliphatic hydroxyl groups excluding tert-OH is 1. The number of amides is 2. The summed E-state index contributed by atoms with van der Waals surface area (Å²) in [4.78, 5) is 14.1. The highest BCUT2D eigenvalue weighted by Crippen LogP contribution is 2.25. The molecule has 134 valence electrons. The molecule has 0 spiro atoms. The van der Waals surface area contributed by atoms with E-state index in [9.17, 15) is 9.90 Å². The molecule has 2 N–H and O–H groups in total. The fraction of sp³-hybridized carbons (Fsp3) is 0.474. The summed E-state index contributed by atoms with van der Waals surface area (Å²) < 4.78 is 1.83. The van der Waals surface area contributed by atoms with Crippen molar-refractivity contribution in [2.75, 3.05) is 18.4 Å². The highest BCUT2D eigenvalue weighted by atomic mass is 16.3. The molecule has 0 bridgehead atoms. The summed E-state index contributed by atoms with van der Waals surface area (Å²) in [5, 5.41) is 17.3. The lowest BCUT2D eigenvalue weighted by molar-refractivity contribution is 0.176. The minimum Gasteiger partial charge on any atom is -0.391 e. The molecule has 1 aliphatic rings. The van der Waals surface area contributed by atoms with Crippen molar-refractivity contribution in [1.82, 2.24) is 14.7 Å². The van der Waals surface area contributed by atoms with Gasteiger partial charge in [0.05, 0.1) is 18.3 Å². The molecule has 2 amide bonds. The summed E-state index contributed by atoms with van der Waals surface area (Å²) in [6, 6.07) is 11.8. The number of aromatic nitrogens is 2. The Morgan fingerprint density at radius 2 is 2.04 bits per heavy atom. The number of likely N-dealkylation sites (tertiary alicyclic amines) is 1. The molecule has 1 saturated heterocycles. The Balaban J connectivity index is 1.83. The van der Waals surface area contributed by atoms with Crippen molar-refractivity contribution in [2.24, 2.45) is 0 Å². The van der Waals surface area contributed by atoms with Gasteiger partial charge in [0.25, 0.3) is 0 Å². The van der Waals surface area contributed by atoms with Crippen LogP contribution in [0.5, 0.6) is 0 Å². The van der Waals surface area contributed by atoms with Crippen LogP contribution in [0.2, 0.25) is 0 Å². The van der Waals surface area contributed by atoms with Crippen LogP contribution in [0, 0.1) is 0 Å². The van der Waals surface area contributed by atoms with E-state index >= 15 is 0 Å². The topological polar surface area (TPSA) is 70.4 Å². The first-order valence-electron chi connectivity index (χ1n) is 8.69. The molecule has 1 aromatic carbocycles. The molecule has 0 unspecified atom stereocenters. The predicted molar refractivity (Wildman–Crippen MR) is 97.7 cm³/mol. The van der Waals surface area contributed by atoms with E-state index in [-0.39, 0.29) is 11.4 Å². The van der Waals surface area contributed by atoms with Gasteiger partial charge in [0.15, 0.2) is 0 Å². The Labute approximate surface area is 148 Å². The van der Waals surface area contributed by atoms with Gasteiger partial charge in [-0.3, -0.25) is 5.32 Å². The third kappa shape index (κ3) is 4.20. The zero-order valence-electron chi connectivity index (χ0n) is 15.1. The van der Waals surface area contributed by atoms with E-state index in [0.717, 1.165) is 11.3 Å². The second kappa shape index (κ2) is 6.88. The van der Waals surface area contributed by atoms with Gasteiger partial charge in [-0.25, -0.2) is 9.48 Å². The zero-order chi connectivity index (χ0) is 18.0. The lowest BCUT2D eigenvalue weighted by atomic mass is 9.92. The van der Waals surface area contributed by atoms with Crippen molar-refractivity contribution in [3.05, 3.63) is 47.7 Å². The fourth-order valence-electron chi connectivity index (χ4n) is 2.88. The van der Waals surface area contributed by atoms with Crippen molar-refractivity contribution < 1.29 is 9.90 Å². The second-order valence-electron chi connectivity index (χ2n) is 7.63. The van der Waals surface area contributed by atoms with Crippen molar-refractivity contribution >= 4 is 11.8 Å². The van der Waals surface area contributed by atoms with Gasteiger partial charge < -0.3 is 10.0 Å². The summed E-state index contributed by atoms with van der Waals surface area (Å²) in [5.41, 5.74) is 1.95. The number of β-amino-alcohol motifs (C(OH)–C–C–N with tert-alkyl or cyclic N) is 1. The molecule has 25 heavy (non-hydrogen) atoms. The summed E-state index contributed by atoms with van der Waals surface area (Å²) >= 11 is 0. The minimum atomic E-state index is -0.426. The first kappa shape index (κ1) is 17.5. The minimum absolute atomic E-state index is 0.106. The van der Waals surface area contributed by atoms with Crippen LogP contribution < -0.4 is 5.32 Å². The molecular weight excluding hydrogens is 316 g/mol. The maximum atomic E-state index is 12.5. The quantitative estimate of drug-likeness (QED) is 0.901. The molecule has 2 aromatic rings. The lowest BCUT2D eigenvalue weighted by Gasteiger charge is -2.17. The van der Waals surface area contributed by atoms with Crippen LogP contribution in [-0.4, -0.2) is 45.0 Å². The van der Waals surface area contributed by atoms with Crippen molar-refractivity contribution in [1.29, 1.82) is 0 Å². The Kier molecular flexibility index (Phi) is 4.81. The van der Waals surface area contributed by atoms with E-state index < -0.39 is 6.10 Å². The molecule has 1 atom stereocenters. The maximum Gasteiger partial charge on any atom is 0.323 e. The maximum absolute atomic E-state index is 12.5. The molecule has 0 saturated carbocycles. The number of benzene rings is 1. The molecule has 1 fully saturated rings. The van der Waals surface area contributed by atoms with E-state index in [0.29, 0.717) is 31.9 Å². The highest BCUT2D eigenvalue weighted by molar-refractivity contribution is 5.88. The number of hydrogen-bond acceptors (Lipinski definition) is 3. The van der Waals surface area contributed by atoms with Gasteiger partial charge in [-0.1, -0.05) is 51.1 Å². The Hall–Kier alpha value is -2.34. The normalized spacial score (nSPS) is 17.8. The predicted octanol–water partition coefficient (Wildman–Crippen LogP) is 2.83. The SMILES string of the molecule is CC(C)(C)c1cc(NC(=O)N2CC[C@H](O)C2)n(Cc2ccccc2)n1. The van der Waals surface area contributed by atoms with E-state index in [1.165, 1.54) is 0 Å². The molecule has 6 nitrogen and oxygen atoms in total. The molecule has 3 rings (SSSR count). The third-order valence-electron chi connectivity index (χ3n) is 4.41. The zero-order valence-corrected chi connectivity index (χ0v) is 15.1. The van der Waals surface area contributed by atoms with Crippen LogP contribution >= 0.6 is 0 Å². The monoisotopic (exact) mass is 342 g/mol. The third-order valence-corrected chi connectivity index (χ3v) is 4.41. The summed E-state index contributed by atoms with van der Waals surface area (Å²) in [7, 11) is 0. The smallest absolute Gasteiger partial charge is 0.323 e. The summed E-state index contributed by atoms with van der Waals surface area (Å²) in [6.07, 6.45) is 0.203. The van der Waals surface area contributed by atoms with Crippen LogP contribution in [0.15, 0.2) is 36.4 Å². The van der Waals surface area contributed by atoms with Gasteiger partial charge in [-0.05, 0) is 12.0 Å². The van der Waals surface area contributed by atoms with E-state index in [4.69, 9.17) is 5.10 Å². The molecule has 0 aliphatic carbocycles. The number of carbonyl (C=O) groups is 1. The van der Waals surface area contributed by atoms with E-state index in [2.05, 4.69) is 26.1 Å². The van der Waals surface area contributed by atoms with E-state index in [1.54, 1.807) is 4.90 Å². The Morgan fingerprint density at radius 3 is 2.64 bits per heavy atom. The van der Waals surface area contributed by atoms with Crippen LogP contribution in [0.3, 0.4) is 0 Å². The van der Waals surface area contributed by atoms with Gasteiger partial charge in [0.2, 0.25) is 0 Å². The number of nitrogens with one attached hydrogen (secondary N) is 1. The number of aliphatic hydroxyl groups is 1. The molecule has 2 heterocycles. The average molecular weight is 342 g/mol. The van der Waals surface area contributed by atoms with Crippen LogP contribution in [0.25, 0.3) is 0 Å². The Morgan fingerprint density at radius 1 is 1.32 bits per heavy atom. The van der Waals surface area contributed by atoms with Crippen LogP contribution in [0.1, 0.15) is 38.4 Å². The first-order valence-corrected chi connectivity index (χ1v) is 8.69. The van der Waals surface area contributed by atoms with E-state index in [1.807, 2.05) is 41.1 Å². The van der Waals surface area contributed by atoms with Gasteiger partial charge >= 0.3 is 6.03 Å². The first-order chi connectivity index (χ1) is 11.8. The largest absolute Gasteiger partial charge is 0.391 e. The molecule has 1 aliphatic heterocycles. The van der Waals surface area contributed by atoms with Crippen LogP contribution in [-0.2, 0) is 12.0 Å². The van der Waals surface area contributed by atoms with Gasteiger partial charge in [-0.2, -0.15) is 5.10 Å². The fourth-order valence-corrected chi connectivity index (χ4v) is 2.88. The Bertz CT molecular complexity index is 734. The average Bonchev–Trinajstić information content (AvgIpc) is 3.15. The van der Waals surface area contributed by atoms with Crippen LogP contribution in [0.4, 0.5) is 10.6 Å². The molecule has 0 radical (unpaired) electrons. The number of nitrogens with zero attached hydrogens (tertiary/aromatic N) is 3. The van der Waals surface area contributed by atoms with Crippen molar-refractivity contribution in [3.63, 3.8) is 0 Å². The molecule has 1 aromatic heterocycles. The number of urea groups is 1. The summed E-state index contributed by atoms with van der Waals surface area (Å²) in [6.45, 7) is 7.85. The molecule has 6 heteroatoms.